The number of carbonyl (C=O) groups excluding carboxylic acids is 1. The second-order valence-electron chi connectivity index (χ2n) is 5.11. The van der Waals surface area contributed by atoms with E-state index in [0.717, 1.165) is 6.42 Å². The van der Waals surface area contributed by atoms with Crippen molar-refractivity contribution in [3.05, 3.63) is 28.5 Å². The normalized spacial score (nSPS) is 12.5. The summed E-state index contributed by atoms with van der Waals surface area (Å²) in [6, 6.07) is 4.55. The number of anilines is 1. The van der Waals surface area contributed by atoms with Crippen LogP contribution in [0.15, 0.2) is 22.7 Å². The van der Waals surface area contributed by atoms with Gasteiger partial charge in [-0.1, -0.05) is 29.8 Å². The quantitative estimate of drug-likeness (QED) is 0.838. The lowest BCUT2D eigenvalue weighted by Crippen LogP contribution is -2.23. The highest BCUT2D eigenvalue weighted by Crippen LogP contribution is 2.20. The van der Waals surface area contributed by atoms with Gasteiger partial charge in [0.1, 0.15) is 5.82 Å². The Morgan fingerprint density at radius 2 is 2.16 bits per heavy atom. The molecule has 0 spiro atoms. The zero-order valence-corrected chi connectivity index (χ0v) is 12.8. The minimum atomic E-state index is -0.448. The summed E-state index contributed by atoms with van der Waals surface area (Å²) in [5.41, 5.74) is 5.85. The lowest BCUT2D eigenvalue weighted by Gasteiger charge is -2.16. The molecule has 1 aromatic carbocycles. The lowest BCUT2D eigenvalue weighted by atomic mass is 9.94. The third-order valence-electron chi connectivity index (χ3n) is 2.82. The topological polar surface area (TPSA) is 55.1 Å². The highest BCUT2D eigenvalue weighted by atomic mass is 79.9. The number of rotatable bonds is 6. The number of amides is 1. The molecule has 1 atom stereocenters. The molecule has 19 heavy (non-hydrogen) atoms. The summed E-state index contributed by atoms with van der Waals surface area (Å²) in [6.45, 7) is 4.65. The lowest BCUT2D eigenvalue weighted by molar-refractivity contribution is -0.117. The van der Waals surface area contributed by atoms with Gasteiger partial charge in [-0.25, -0.2) is 4.39 Å². The number of carbonyl (C=O) groups is 1. The Morgan fingerprint density at radius 1 is 1.47 bits per heavy atom. The van der Waals surface area contributed by atoms with E-state index in [1.165, 1.54) is 12.1 Å². The number of hydrogen-bond acceptors (Lipinski definition) is 2. The van der Waals surface area contributed by atoms with E-state index in [-0.39, 0.29) is 17.5 Å². The summed E-state index contributed by atoms with van der Waals surface area (Å²) in [7, 11) is 0. The maximum absolute atomic E-state index is 13.6. The second-order valence-corrected chi connectivity index (χ2v) is 6.02. The Labute approximate surface area is 121 Å². The SMILES string of the molecule is CC(C)CC(CN)CC(=O)Nc1ccc(Br)cc1F. The Morgan fingerprint density at radius 3 is 2.68 bits per heavy atom. The third-order valence-corrected chi connectivity index (χ3v) is 3.31. The van der Waals surface area contributed by atoms with Gasteiger partial charge in [-0.2, -0.15) is 0 Å². The van der Waals surface area contributed by atoms with Crippen LogP contribution in [0.3, 0.4) is 0 Å². The van der Waals surface area contributed by atoms with Crippen molar-refractivity contribution < 1.29 is 9.18 Å². The first-order valence-corrected chi connectivity index (χ1v) is 7.16. The van der Waals surface area contributed by atoms with Crippen LogP contribution < -0.4 is 11.1 Å². The molecule has 0 saturated heterocycles. The fourth-order valence-electron chi connectivity index (χ4n) is 1.98. The molecule has 5 heteroatoms. The van der Waals surface area contributed by atoms with Gasteiger partial charge < -0.3 is 11.1 Å². The predicted octanol–water partition coefficient (Wildman–Crippen LogP) is 3.54. The van der Waals surface area contributed by atoms with Gasteiger partial charge in [0.25, 0.3) is 0 Å². The standard InChI is InChI=1S/C14H20BrFN2O/c1-9(2)5-10(8-17)6-14(19)18-13-4-3-11(15)7-12(13)16/h3-4,7,9-10H,5-6,8,17H2,1-2H3,(H,18,19). The highest BCUT2D eigenvalue weighted by Gasteiger charge is 2.15. The molecule has 3 nitrogen and oxygen atoms in total. The summed E-state index contributed by atoms with van der Waals surface area (Å²) < 4.78 is 14.2. The van der Waals surface area contributed by atoms with Crippen molar-refractivity contribution >= 4 is 27.5 Å². The third kappa shape index (κ3) is 5.70. The largest absolute Gasteiger partial charge is 0.330 e. The van der Waals surface area contributed by atoms with Gasteiger partial charge in [-0.05, 0) is 43.0 Å². The average Bonchev–Trinajstić information content (AvgIpc) is 2.31. The number of hydrogen-bond donors (Lipinski definition) is 2. The molecule has 106 valence electrons. The van der Waals surface area contributed by atoms with Gasteiger partial charge in [0.05, 0.1) is 5.69 Å². The molecule has 0 bridgehead atoms. The van der Waals surface area contributed by atoms with E-state index in [4.69, 9.17) is 5.73 Å². The van der Waals surface area contributed by atoms with Crippen LogP contribution in [0.1, 0.15) is 26.7 Å². The van der Waals surface area contributed by atoms with Crippen molar-refractivity contribution in [2.45, 2.75) is 26.7 Å². The van der Waals surface area contributed by atoms with Crippen molar-refractivity contribution in [3.8, 4) is 0 Å². The molecule has 0 radical (unpaired) electrons. The van der Waals surface area contributed by atoms with E-state index in [1.807, 2.05) is 0 Å². The molecule has 1 rings (SSSR count). The Bertz CT molecular complexity index is 437. The van der Waals surface area contributed by atoms with Gasteiger partial charge in [-0.3, -0.25) is 4.79 Å². The Kier molecular flexibility index (Phi) is 6.45. The fourth-order valence-corrected chi connectivity index (χ4v) is 2.32. The van der Waals surface area contributed by atoms with Gasteiger partial charge in [-0.15, -0.1) is 0 Å². The number of nitrogens with one attached hydrogen (secondary N) is 1. The van der Waals surface area contributed by atoms with Crippen molar-refractivity contribution in [2.75, 3.05) is 11.9 Å². The summed E-state index contributed by atoms with van der Waals surface area (Å²) in [5.74, 6) is -0.0162. The van der Waals surface area contributed by atoms with Crippen LogP contribution in [0.2, 0.25) is 0 Å². The van der Waals surface area contributed by atoms with Gasteiger partial charge >= 0.3 is 0 Å². The highest BCUT2D eigenvalue weighted by molar-refractivity contribution is 9.10. The monoisotopic (exact) mass is 330 g/mol. The van der Waals surface area contributed by atoms with Gasteiger partial charge in [0.2, 0.25) is 5.91 Å². The number of benzene rings is 1. The number of nitrogens with two attached hydrogens (primary N) is 1. The maximum atomic E-state index is 13.6. The Balaban J connectivity index is 2.59. The van der Waals surface area contributed by atoms with E-state index >= 15 is 0 Å². The molecule has 0 aliphatic carbocycles. The molecule has 1 unspecified atom stereocenters. The van der Waals surface area contributed by atoms with Crippen LogP contribution in [0.5, 0.6) is 0 Å². The van der Waals surface area contributed by atoms with Gasteiger partial charge in [0, 0.05) is 10.9 Å². The molecule has 0 saturated carbocycles. The van der Waals surface area contributed by atoms with Crippen LogP contribution in [-0.2, 0) is 4.79 Å². The molecule has 0 aromatic heterocycles. The molecule has 0 fully saturated rings. The molecule has 3 N–H and O–H groups in total. The fraction of sp³-hybridized carbons (Fsp3) is 0.500. The molecule has 0 aliphatic rings. The molecular formula is C14H20BrFN2O. The van der Waals surface area contributed by atoms with E-state index in [2.05, 4.69) is 35.1 Å². The smallest absolute Gasteiger partial charge is 0.224 e. The van der Waals surface area contributed by atoms with Crippen LogP contribution in [0.4, 0.5) is 10.1 Å². The zero-order chi connectivity index (χ0) is 14.4. The molecular weight excluding hydrogens is 311 g/mol. The molecule has 1 amide bonds. The summed E-state index contributed by atoms with van der Waals surface area (Å²) in [6.07, 6.45) is 1.22. The molecule has 1 aromatic rings. The molecule has 0 aliphatic heterocycles. The first-order valence-electron chi connectivity index (χ1n) is 6.37. The molecule has 0 heterocycles. The van der Waals surface area contributed by atoms with E-state index in [0.29, 0.717) is 23.4 Å². The second kappa shape index (κ2) is 7.60. The van der Waals surface area contributed by atoms with Crippen molar-refractivity contribution in [1.29, 1.82) is 0 Å². The average molecular weight is 331 g/mol. The Hall–Kier alpha value is -0.940. The summed E-state index contributed by atoms with van der Waals surface area (Å²) >= 11 is 3.17. The van der Waals surface area contributed by atoms with Crippen LogP contribution in [0.25, 0.3) is 0 Å². The first-order chi connectivity index (χ1) is 8.92. The van der Waals surface area contributed by atoms with E-state index < -0.39 is 5.82 Å². The summed E-state index contributed by atoms with van der Waals surface area (Å²) in [4.78, 5) is 11.9. The minimum absolute atomic E-state index is 0.138. The zero-order valence-electron chi connectivity index (χ0n) is 11.2. The predicted molar refractivity (Wildman–Crippen MR) is 79.3 cm³/mol. The number of halogens is 2. The van der Waals surface area contributed by atoms with Crippen LogP contribution in [-0.4, -0.2) is 12.5 Å². The maximum Gasteiger partial charge on any atom is 0.224 e. The van der Waals surface area contributed by atoms with Crippen molar-refractivity contribution in [2.24, 2.45) is 17.6 Å². The van der Waals surface area contributed by atoms with Gasteiger partial charge in [0.15, 0.2) is 0 Å². The summed E-state index contributed by atoms with van der Waals surface area (Å²) in [5, 5.41) is 2.59. The van der Waals surface area contributed by atoms with Crippen LogP contribution in [0, 0.1) is 17.7 Å². The minimum Gasteiger partial charge on any atom is -0.330 e. The van der Waals surface area contributed by atoms with Crippen molar-refractivity contribution in [1.82, 2.24) is 0 Å². The van der Waals surface area contributed by atoms with E-state index in [1.54, 1.807) is 6.07 Å². The van der Waals surface area contributed by atoms with E-state index in [9.17, 15) is 9.18 Å². The van der Waals surface area contributed by atoms with Crippen LogP contribution >= 0.6 is 15.9 Å². The first kappa shape index (κ1) is 16.1. The van der Waals surface area contributed by atoms with Crippen molar-refractivity contribution in [3.63, 3.8) is 0 Å².